The predicted molar refractivity (Wildman–Crippen MR) is 52.0 cm³/mol. The van der Waals surface area contributed by atoms with Crippen molar-refractivity contribution in [1.29, 1.82) is 0 Å². The van der Waals surface area contributed by atoms with Gasteiger partial charge in [-0.25, -0.2) is 0 Å². The van der Waals surface area contributed by atoms with Crippen LogP contribution < -0.4 is 0 Å². The summed E-state index contributed by atoms with van der Waals surface area (Å²) in [6.07, 6.45) is 7.36. The molecule has 0 bridgehead atoms. The van der Waals surface area contributed by atoms with Crippen LogP contribution >= 0.6 is 0 Å². The molecule has 0 aromatic heterocycles. The van der Waals surface area contributed by atoms with Gasteiger partial charge < -0.3 is 5.11 Å². The van der Waals surface area contributed by atoms with Crippen molar-refractivity contribution in [1.82, 2.24) is 0 Å². The zero-order valence-corrected chi connectivity index (χ0v) is 8.42. The van der Waals surface area contributed by atoms with Crippen molar-refractivity contribution in [2.24, 2.45) is 11.8 Å². The minimum atomic E-state index is 0.0101. The van der Waals surface area contributed by atoms with E-state index < -0.39 is 0 Å². The van der Waals surface area contributed by atoms with E-state index in [2.05, 4.69) is 13.8 Å². The first-order valence-corrected chi connectivity index (χ1v) is 5.36. The molecule has 1 saturated carbocycles. The van der Waals surface area contributed by atoms with Crippen LogP contribution in [0.3, 0.4) is 0 Å². The van der Waals surface area contributed by atoms with Gasteiger partial charge in [0.15, 0.2) is 0 Å². The standard InChI is InChI=1S/C11H22O/c1-9(2)6-7-10-4-3-5-11(12)8-10/h9-12H,3-8H2,1-2H3/t10-,11-/m0/s1. The molecule has 12 heavy (non-hydrogen) atoms. The van der Waals surface area contributed by atoms with Crippen LogP contribution in [-0.2, 0) is 0 Å². The molecule has 2 atom stereocenters. The summed E-state index contributed by atoms with van der Waals surface area (Å²) in [6, 6.07) is 0. The molecule has 1 fully saturated rings. The third-order valence-corrected chi connectivity index (χ3v) is 2.91. The Morgan fingerprint density at radius 3 is 2.67 bits per heavy atom. The smallest absolute Gasteiger partial charge is 0.0542 e. The van der Waals surface area contributed by atoms with Crippen LogP contribution in [0.1, 0.15) is 52.4 Å². The van der Waals surface area contributed by atoms with E-state index in [1.807, 2.05) is 0 Å². The van der Waals surface area contributed by atoms with Crippen LogP contribution in [0.2, 0.25) is 0 Å². The van der Waals surface area contributed by atoms with Gasteiger partial charge in [0.25, 0.3) is 0 Å². The molecule has 0 saturated heterocycles. The van der Waals surface area contributed by atoms with E-state index in [1.165, 1.54) is 25.7 Å². The molecule has 72 valence electrons. The summed E-state index contributed by atoms with van der Waals surface area (Å²) in [7, 11) is 0. The number of rotatable bonds is 3. The van der Waals surface area contributed by atoms with E-state index in [4.69, 9.17) is 0 Å². The Morgan fingerprint density at radius 1 is 1.33 bits per heavy atom. The third kappa shape index (κ3) is 3.57. The average Bonchev–Trinajstić information content (AvgIpc) is 2.01. The van der Waals surface area contributed by atoms with Gasteiger partial charge >= 0.3 is 0 Å². The highest BCUT2D eigenvalue weighted by atomic mass is 16.3. The first kappa shape index (κ1) is 10.0. The minimum absolute atomic E-state index is 0.0101. The molecule has 1 rings (SSSR count). The summed E-state index contributed by atoms with van der Waals surface area (Å²) in [5.41, 5.74) is 0. The molecule has 0 aromatic rings. The second-order valence-electron chi connectivity index (χ2n) is 4.66. The number of hydrogen-bond acceptors (Lipinski definition) is 1. The Balaban J connectivity index is 2.14. The maximum Gasteiger partial charge on any atom is 0.0542 e. The van der Waals surface area contributed by atoms with Crippen molar-refractivity contribution < 1.29 is 5.11 Å². The van der Waals surface area contributed by atoms with E-state index in [9.17, 15) is 5.11 Å². The van der Waals surface area contributed by atoms with Crippen molar-refractivity contribution in [2.45, 2.75) is 58.5 Å². The fourth-order valence-corrected chi connectivity index (χ4v) is 2.09. The highest BCUT2D eigenvalue weighted by Gasteiger charge is 2.19. The lowest BCUT2D eigenvalue weighted by Crippen LogP contribution is -2.19. The Morgan fingerprint density at radius 2 is 2.08 bits per heavy atom. The SMILES string of the molecule is CC(C)CC[C@@H]1CCC[C@H](O)C1. The molecule has 1 N–H and O–H groups in total. The fourth-order valence-electron chi connectivity index (χ4n) is 2.09. The van der Waals surface area contributed by atoms with Crippen molar-refractivity contribution in [3.05, 3.63) is 0 Å². The normalized spacial score (nSPS) is 31.0. The Bertz CT molecular complexity index is 120. The largest absolute Gasteiger partial charge is 0.393 e. The van der Waals surface area contributed by atoms with Gasteiger partial charge in [-0.15, -0.1) is 0 Å². The van der Waals surface area contributed by atoms with Crippen LogP contribution in [0.4, 0.5) is 0 Å². The van der Waals surface area contributed by atoms with Gasteiger partial charge in [-0.1, -0.05) is 39.5 Å². The third-order valence-electron chi connectivity index (χ3n) is 2.91. The molecule has 0 radical (unpaired) electrons. The first-order valence-electron chi connectivity index (χ1n) is 5.36. The number of aliphatic hydroxyl groups excluding tert-OH is 1. The van der Waals surface area contributed by atoms with Gasteiger partial charge in [-0.2, -0.15) is 0 Å². The quantitative estimate of drug-likeness (QED) is 0.690. The summed E-state index contributed by atoms with van der Waals surface area (Å²) < 4.78 is 0. The highest BCUT2D eigenvalue weighted by molar-refractivity contribution is 4.72. The van der Waals surface area contributed by atoms with Crippen LogP contribution in [0.5, 0.6) is 0 Å². The van der Waals surface area contributed by atoms with Gasteiger partial charge in [0.1, 0.15) is 0 Å². The molecule has 1 aliphatic rings. The van der Waals surface area contributed by atoms with E-state index in [-0.39, 0.29) is 6.10 Å². The van der Waals surface area contributed by atoms with Gasteiger partial charge in [0, 0.05) is 0 Å². The van der Waals surface area contributed by atoms with Gasteiger partial charge in [-0.05, 0) is 24.7 Å². The molecule has 1 nitrogen and oxygen atoms in total. The summed E-state index contributed by atoms with van der Waals surface area (Å²) >= 11 is 0. The lowest BCUT2D eigenvalue weighted by molar-refractivity contribution is 0.0964. The minimum Gasteiger partial charge on any atom is -0.393 e. The van der Waals surface area contributed by atoms with E-state index in [0.717, 1.165) is 24.7 Å². The highest BCUT2D eigenvalue weighted by Crippen LogP contribution is 2.28. The van der Waals surface area contributed by atoms with Crippen LogP contribution in [0.15, 0.2) is 0 Å². The molecule has 1 heteroatoms. The maximum absolute atomic E-state index is 9.44. The predicted octanol–water partition coefficient (Wildman–Crippen LogP) is 2.97. The molecule has 0 aliphatic heterocycles. The lowest BCUT2D eigenvalue weighted by atomic mass is 9.83. The Hall–Kier alpha value is -0.0400. The molecule has 0 amide bonds. The van der Waals surface area contributed by atoms with Crippen molar-refractivity contribution in [2.75, 3.05) is 0 Å². The topological polar surface area (TPSA) is 20.2 Å². The van der Waals surface area contributed by atoms with E-state index >= 15 is 0 Å². The van der Waals surface area contributed by atoms with Gasteiger partial charge in [0.2, 0.25) is 0 Å². The summed E-state index contributed by atoms with van der Waals surface area (Å²) in [5, 5.41) is 9.44. The number of hydrogen-bond donors (Lipinski definition) is 1. The summed E-state index contributed by atoms with van der Waals surface area (Å²) in [6.45, 7) is 4.55. The van der Waals surface area contributed by atoms with Crippen LogP contribution in [0.25, 0.3) is 0 Å². The molecular weight excluding hydrogens is 148 g/mol. The second kappa shape index (κ2) is 4.86. The molecule has 0 aromatic carbocycles. The summed E-state index contributed by atoms with van der Waals surface area (Å²) in [5.74, 6) is 1.64. The second-order valence-corrected chi connectivity index (χ2v) is 4.66. The fraction of sp³-hybridized carbons (Fsp3) is 1.00. The lowest BCUT2D eigenvalue weighted by Gasteiger charge is -2.26. The Kier molecular flexibility index (Phi) is 4.07. The van der Waals surface area contributed by atoms with Crippen molar-refractivity contribution in [3.63, 3.8) is 0 Å². The molecular formula is C11H22O. The van der Waals surface area contributed by atoms with Crippen LogP contribution in [0, 0.1) is 11.8 Å². The first-order chi connectivity index (χ1) is 5.68. The average molecular weight is 170 g/mol. The Labute approximate surface area is 76.2 Å². The molecule has 0 spiro atoms. The monoisotopic (exact) mass is 170 g/mol. The maximum atomic E-state index is 9.44. The van der Waals surface area contributed by atoms with Crippen molar-refractivity contribution >= 4 is 0 Å². The molecule has 0 heterocycles. The van der Waals surface area contributed by atoms with Gasteiger partial charge in [-0.3, -0.25) is 0 Å². The van der Waals surface area contributed by atoms with Crippen molar-refractivity contribution in [3.8, 4) is 0 Å². The summed E-state index contributed by atoms with van der Waals surface area (Å²) in [4.78, 5) is 0. The molecule has 0 unspecified atom stereocenters. The van der Waals surface area contributed by atoms with Crippen LogP contribution in [-0.4, -0.2) is 11.2 Å². The van der Waals surface area contributed by atoms with E-state index in [1.54, 1.807) is 0 Å². The molecule has 1 aliphatic carbocycles. The van der Waals surface area contributed by atoms with E-state index in [0.29, 0.717) is 0 Å². The zero-order valence-electron chi connectivity index (χ0n) is 8.42. The number of aliphatic hydroxyl groups is 1. The van der Waals surface area contributed by atoms with Gasteiger partial charge in [0.05, 0.1) is 6.10 Å². The zero-order chi connectivity index (χ0) is 8.97.